The van der Waals surface area contributed by atoms with E-state index in [1.165, 1.54) is 19.3 Å². The third kappa shape index (κ3) is 12.7. The second-order valence-electron chi connectivity index (χ2n) is 13.9. The number of nitrogens with two attached hydrogens (primary N) is 1. The van der Waals surface area contributed by atoms with Crippen molar-refractivity contribution in [3.63, 3.8) is 0 Å². The van der Waals surface area contributed by atoms with Gasteiger partial charge in [0.15, 0.2) is 0 Å². The summed E-state index contributed by atoms with van der Waals surface area (Å²) in [5, 5.41) is 21.4. The van der Waals surface area contributed by atoms with Gasteiger partial charge in [-0.15, -0.1) is 11.8 Å². The summed E-state index contributed by atoms with van der Waals surface area (Å²) in [6.45, 7) is 5.10. The Kier molecular flexibility index (Phi) is 15.5. The highest BCUT2D eigenvalue weighted by molar-refractivity contribution is 7.99. The van der Waals surface area contributed by atoms with E-state index in [2.05, 4.69) is 20.9 Å². The molecule has 6 N–H and O–H groups in total. The minimum Gasteiger partial charge on any atom is -0.391 e. The highest BCUT2D eigenvalue weighted by atomic mass is 32.2. The molecule has 0 unspecified atom stereocenters. The molecule has 1 aromatic heterocycles. The number of urea groups is 1. The van der Waals surface area contributed by atoms with Crippen LogP contribution in [0, 0.1) is 11.8 Å². The summed E-state index contributed by atoms with van der Waals surface area (Å²) in [7, 11) is 0. The average molecular weight is 681 g/mol. The standard InChI is InChI=1S/C37H56N6O4S/c1-26(2)23-31(41-36(46)32(25-28-13-7-4-8-14-28)42-37(47)43-20-16-29(38)17-21-43)35(45)40-30(24-27-11-5-3-6-12-27)33(44)18-22-48-34-15-9-10-19-39-34/h4,7-10,13-15,19,26-27,29-33,44H,3,5-6,11-12,16-18,20-25,38H2,1-2H3,(H,40,45)(H,41,46)(H,42,47)/t30-,31-,32-,33-/m0/s1. The van der Waals surface area contributed by atoms with Gasteiger partial charge in [0.05, 0.1) is 17.2 Å². The number of likely N-dealkylation sites (tertiary alicyclic amines) is 1. The zero-order valence-electron chi connectivity index (χ0n) is 28.7. The number of nitrogens with zero attached hydrogens (tertiary/aromatic N) is 2. The molecule has 0 bridgehead atoms. The van der Waals surface area contributed by atoms with Gasteiger partial charge in [-0.25, -0.2) is 9.78 Å². The van der Waals surface area contributed by atoms with E-state index in [0.717, 1.165) is 36.3 Å². The molecule has 2 heterocycles. The predicted octanol–water partition coefficient (Wildman–Crippen LogP) is 4.65. The van der Waals surface area contributed by atoms with Crippen molar-refractivity contribution in [2.75, 3.05) is 18.8 Å². The number of nitrogens with one attached hydrogen (secondary N) is 3. The molecule has 1 saturated carbocycles. The number of aliphatic hydroxyl groups is 1. The van der Waals surface area contributed by atoms with E-state index in [1.54, 1.807) is 22.9 Å². The lowest BCUT2D eigenvalue weighted by Crippen LogP contribution is -2.58. The van der Waals surface area contributed by atoms with Gasteiger partial charge in [-0.1, -0.05) is 82.3 Å². The number of thioether (sulfide) groups is 1. The maximum atomic E-state index is 14.0. The molecule has 264 valence electrons. The number of piperidine rings is 1. The zero-order valence-corrected chi connectivity index (χ0v) is 29.5. The molecule has 0 spiro atoms. The van der Waals surface area contributed by atoms with Crippen molar-refractivity contribution < 1.29 is 19.5 Å². The van der Waals surface area contributed by atoms with Crippen molar-refractivity contribution in [1.82, 2.24) is 25.8 Å². The van der Waals surface area contributed by atoms with E-state index in [1.807, 2.05) is 62.4 Å². The first-order valence-electron chi connectivity index (χ1n) is 17.9. The maximum Gasteiger partial charge on any atom is 0.318 e. The van der Waals surface area contributed by atoms with Crippen LogP contribution in [-0.2, 0) is 16.0 Å². The van der Waals surface area contributed by atoms with Crippen LogP contribution in [-0.4, -0.2) is 81.9 Å². The Morgan fingerprint density at radius 2 is 1.60 bits per heavy atom. The van der Waals surface area contributed by atoms with E-state index in [0.29, 0.717) is 50.4 Å². The number of benzene rings is 1. The highest BCUT2D eigenvalue weighted by Crippen LogP contribution is 2.29. The largest absolute Gasteiger partial charge is 0.391 e. The molecule has 10 nitrogen and oxygen atoms in total. The van der Waals surface area contributed by atoms with Crippen LogP contribution in [0.15, 0.2) is 59.8 Å². The topological polar surface area (TPSA) is 150 Å². The lowest BCUT2D eigenvalue weighted by Gasteiger charge is -2.33. The Morgan fingerprint density at radius 1 is 0.917 bits per heavy atom. The lowest BCUT2D eigenvalue weighted by atomic mass is 9.83. The van der Waals surface area contributed by atoms with Gasteiger partial charge in [-0.3, -0.25) is 9.59 Å². The smallest absolute Gasteiger partial charge is 0.318 e. The maximum absolute atomic E-state index is 14.0. The monoisotopic (exact) mass is 680 g/mol. The number of carbonyl (C=O) groups is 3. The van der Waals surface area contributed by atoms with E-state index >= 15 is 0 Å². The number of carbonyl (C=O) groups excluding carboxylic acids is 3. The molecular weight excluding hydrogens is 625 g/mol. The predicted molar refractivity (Wildman–Crippen MR) is 191 cm³/mol. The van der Waals surface area contributed by atoms with E-state index < -0.39 is 30.1 Å². The van der Waals surface area contributed by atoms with Crippen molar-refractivity contribution in [3.8, 4) is 0 Å². The second-order valence-corrected chi connectivity index (χ2v) is 15.0. The molecule has 1 saturated heterocycles. The fourth-order valence-corrected chi connectivity index (χ4v) is 7.55. The normalized spacial score (nSPS) is 18.5. The summed E-state index contributed by atoms with van der Waals surface area (Å²) in [5.41, 5.74) is 6.95. The minimum atomic E-state index is -0.870. The summed E-state index contributed by atoms with van der Waals surface area (Å²) in [6, 6.07) is 13.0. The Balaban J connectivity index is 1.45. The summed E-state index contributed by atoms with van der Waals surface area (Å²) < 4.78 is 0. The van der Waals surface area contributed by atoms with Gasteiger partial charge in [0.1, 0.15) is 12.1 Å². The van der Waals surface area contributed by atoms with Gasteiger partial charge in [-0.2, -0.15) is 0 Å². The minimum absolute atomic E-state index is 0.0767. The van der Waals surface area contributed by atoms with Crippen molar-refractivity contribution in [2.45, 2.75) is 120 Å². The molecule has 2 aliphatic rings. The summed E-state index contributed by atoms with van der Waals surface area (Å²) in [5.74, 6) is 0.528. The molecule has 4 rings (SSSR count). The molecule has 4 amide bonds. The van der Waals surface area contributed by atoms with E-state index in [-0.39, 0.29) is 23.9 Å². The van der Waals surface area contributed by atoms with Crippen LogP contribution in [0.2, 0.25) is 0 Å². The van der Waals surface area contributed by atoms with Crippen molar-refractivity contribution in [3.05, 3.63) is 60.3 Å². The Labute approximate surface area is 290 Å². The van der Waals surface area contributed by atoms with Gasteiger partial charge >= 0.3 is 6.03 Å². The molecule has 4 atom stereocenters. The second kappa shape index (κ2) is 19.7. The third-order valence-electron chi connectivity index (χ3n) is 9.47. The Hall–Kier alpha value is -3.15. The summed E-state index contributed by atoms with van der Waals surface area (Å²) in [4.78, 5) is 47.3. The first kappa shape index (κ1) is 37.7. The van der Waals surface area contributed by atoms with Gasteiger partial charge in [0.25, 0.3) is 0 Å². The van der Waals surface area contributed by atoms with Crippen LogP contribution >= 0.6 is 11.8 Å². The van der Waals surface area contributed by atoms with Crippen LogP contribution in [0.1, 0.15) is 83.6 Å². The van der Waals surface area contributed by atoms with E-state index in [9.17, 15) is 19.5 Å². The molecular formula is C37H56N6O4S. The van der Waals surface area contributed by atoms with E-state index in [4.69, 9.17) is 5.73 Å². The van der Waals surface area contributed by atoms with Gasteiger partial charge < -0.3 is 31.7 Å². The van der Waals surface area contributed by atoms with Crippen molar-refractivity contribution in [1.29, 1.82) is 0 Å². The first-order valence-corrected chi connectivity index (χ1v) is 18.8. The number of aromatic nitrogens is 1. The average Bonchev–Trinajstić information content (AvgIpc) is 3.08. The molecule has 2 aromatic rings. The van der Waals surface area contributed by atoms with Gasteiger partial charge in [0.2, 0.25) is 11.8 Å². The van der Waals surface area contributed by atoms with Crippen LogP contribution in [0.25, 0.3) is 0 Å². The molecule has 1 aliphatic carbocycles. The number of aliphatic hydroxyl groups excluding tert-OH is 1. The van der Waals surface area contributed by atoms with Crippen LogP contribution < -0.4 is 21.7 Å². The molecule has 1 aliphatic heterocycles. The zero-order chi connectivity index (χ0) is 34.3. The lowest BCUT2D eigenvalue weighted by molar-refractivity contribution is -0.131. The first-order chi connectivity index (χ1) is 23.2. The Bertz CT molecular complexity index is 1260. The number of rotatable bonds is 16. The number of hydrogen-bond acceptors (Lipinski definition) is 7. The van der Waals surface area contributed by atoms with Crippen molar-refractivity contribution >= 4 is 29.6 Å². The van der Waals surface area contributed by atoms with Crippen LogP contribution in [0.3, 0.4) is 0 Å². The Morgan fingerprint density at radius 3 is 2.27 bits per heavy atom. The van der Waals surface area contributed by atoms with Crippen molar-refractivity contribution in [2.24, 2.45) is 17.6 Å². The van der Waals surface area contributed by atoms with Crippen LogP contribution in [0.5, 0.6) is 0 Å². The molecule has 48 heavy (non-hydrogen) atoms. The fraction of sp³-hybridized carbons (Fsp3) is 0.622. The molecule has 0 radical (unpaired) electrons. The molecule has 1 aromatic carbocycles. The SMILES string of the molecule is CC(C)C[C@H](NC(=O)[C@H](Cc1ccccc1)NC(=O)N1CCC(N)CC1)C(=O)N[C@@H](CC1CCCCC1)[C@@H](O)CCSc1ccccn1. The fourth-order valence-electron chi connectivity index (χ4n) is 6.67. The summed E-state index contributed by atoms with van der Waals surface area (Å²) in [6.07, 6.45) is 10.1. The number of amides is 4. The summed E-state index contributed by atoms with van der Waals surface area (Å²) >= 11 is 1.59. The van der Waals surface area contributed by atoms with Gasteiger partial charge in [0, 0.05) is 37.5 Å². The van der Waals surface area contributed by atoms with Gasteiger partial charge in [-0.05, 0) is 61.6 Å². The molecule has 2 fully saturated rings. The third-order valence-corrected chi connectivity index (χ3v) is 10.4. The highest BCUT2D eigenvalue weighted by Gasteiger charge is 2.32. The molecule has 11 heteroatoms. The quantitative estimate of drug-likeness (QED) is 0.162. The van der Waals surface area contributed by atoms with Crippen LogP contribution in [0.4, 0.5) is 4.79 Å². The number of hydrogen-bond donors (Lipinski definition) is 5. The number of pyridine rings is 1.